The summed E-state index contributed by atoms with van der Waals surface area (Å²) in [6.45, 7) is 3.80. The van der Waals surface area contributed by atoms with E-state index in [0.717, 1.165) is 16.3 Å². The Hall–Kier alpha value is -1.72. The average molecular weight is 262 g/mol. The second-order valence-electron chi connectivity index (χ2n) is 4.64. The van der Waals surface area contributed by atoms with Crippen LogP contribution in [0.15, 0.2) is 29.6 Å². The second kappa shape index (κ2) is 4.51. The maximum absolute atomic E-state index is 10.8. The number of nitrogens with two attached hydrogens (primary N) is 1. The van der Waals surface area contributed by atoms with E-state index in [1.54, 1.807) is 24.3 Å². The summed E-state index contributed by atoms with van der Waals surface area (Å²) in [5.41, 5.74) is 7.53. The maximum atomic E-state index is 10.8. The van der Waals surface area contributed by atoms with Crippen LogP contribution in [0.25, 0.3) is 10.6 Å². The van der Waals surface area contributed by atoms with Gasteiger partial charge >= 0.3 is 5.97 Å². The highest BCUT2D eigenvalue weighted by atomic mass is 32.1. The zero-order valence-electron chi connectivity index (χ0n) is 10.2. The molecule has 0 saturated heterocycles. The van der Waals surface area contributed by atoms with Gasteiger partial charge in [-0.1, -0.05) is 12.1 Å². The average Bonchev–Trinajstić information content (AvgIpc) is 2.78. The molecule has 4 nitrogen and oxygen atoms in total. The van der Waals surface area contributed by atoms with E-state index in [1.165, 1.54) is 11.3 Å². The van der Waals surface area contributed by atoms with Crippen molar-refractivity contribution in [3.63, 3.8) is 0 Å². The van der Waals surface area contributed by atoms with Crippen LogP contribution in [0.1, 0.15) is 29.9 Å². The molecule has 94 valence electrons. The summed E-state index contributed by atoms with van der Waals surface area (Å²) in [6, 6.07) is 6.67. The fourth-order valence-corrected chi connectivity index (χ4v) is 2.46. The van der Waals surface area contributed by atoms with Crippen molar-refractivity contribution in [3.8, 4) is 10.6 Å². The lowest BCUT2D eigenvalue weighted by molar-refractivity contribution is 0.0697. The van der Waals surface area contributed by atoms with Gasteiger partial charge < -0.3 is 10.8 Å². The highest BCUT2D eigenvalue weighted by molar-refractivity contribution is 7.13. The molecular weight excluding hydrogens is 248 g/mol. The molecule has 0 bridgehead atoms. The highest BCUT2D eigenvalue weighted by Gasteiger charge is 2.18. The van der Waals surface area contributed by atoms with Crippen LogP contribution in [0.4, 0.5) is 0 Å². The Labute approximate surface area is 109 Å². The second-order valence-corrected chi connectivity index (χ2v) is 5.50. The number of nitrogens with zero attached hydrogens (tertiary/aromatic N) is 1. The van der Waals surface area contributed by atoms with E-state index >= 15 is 0 Å². The summed E-state index contributed by atoms with van der Waals surface area (Å²) in [7, 11) is 0. The van der Waals surface area contributed by atoms with Gasteiger partial charge in [-0.25, -0.2) is 9.78 Å². The molecule has 2 rings (SSSR count). The minimum Gasteiger partial charge on any atom is -0.478 e. The van der Waals surface area contributed by atoms with Crippen LogP contribution in [0.3, 0.4) is 0 Å². The normalized spacial score (nSPS) is 11.5. The van der Waals surface area contributed by atoms with Crippen molar-refractivity contribution in [2.24, 2.45) is 5.73 Å². The first-order chi connectivity index (χ1) is 8.38. The Morgan fingerprint density at radius 3 is 2.39 bits per heavy atom. The van der Waals surface area contributed by atoms with Crippen molar-refractivity contribution in [1.29, 1.82) is 0 Å². The number of rotatable bonds is 3. The number of benzene rings is 1. The van der Waals surface area contributed by atoms with Gasteiger partial charge in [0.1, 0.15) is 5.01 Å². The van der Waals surface area contributed by atoms with E-state index in [-0.39, 0.29) is 5.56 Å². The molecule has 0 spiro atoms. The number of carboxylic acids is 1. The van der Waals surface area contributed by atoms with Gasteiger partial charge in [-0.2, -0.15) is 0 Å². The van der Waals surface area contributed by atoms with Gasteiger partial charge in [0.2, 0.25) is 0 Å². The summed E-state index contributed by atoms with van der Waals surface area (Å²) in [5.74, 6) is -0.926. The van der Waals surface area contributed by atoms with E-state index in [0.29, 0.717) is 0 Å². The molecule has 18 heavy (non-hydrogen) atoms. The quantitative estimate of drug-likeness (QED) is 0.891. The molecule has 1 heterocycles. The molecule has 3 N–H and O–H groups in total. The fourth-order valence-electron chi connectivity index (χ4n) is 1.46. The summed E-state index contributed by atoms with van der Waals surface area (Å²) >= 11 is 1.51. The van der Waals surface area contributed by atoms with Crippen molar-refractivity contribution >= 4 is 17.3 Å². The predicted molar refractivity (Wildman–Crippen MR) is 71.7 cm³/mol. The molecule has 0 fully saturated rings. The monoisotopic (exact) mass is 262 g/mol. The Balaban J connectivity index is 2.32. The van der Waals surface area contributed by atoms with Gasteiger partial charge in [-0.3, -0.25) is 0 Å². The van der Waals surface area contributed by atoms with Gasteiger partial charge in [0.15, 0.2) is 0 Å². The lowest BCUT2D eigenvalue weighted by Crippen LogP contribution is -2.28. The van der Waals surface area contributed by atoms with Crippen LogP contribution in [-0.2, 0) is 5.54 Å². The van der Waals surface area contributed by atoms with Crippen LogP contribution >= 0.6 is 11.3 Å². The van der Waals surface area contributed by atoms with Gasteiger partial charge in [-0.15, -0.1) is 11.3 Å². The topological polar surface area (TPSA) is 76.2 Å². The zero-order valence-corrected chi connectivity index (χ0v) is 11.0. The highest BCUT2D eigenvalue weighted by Crippen LogP contribution is 2.27. The Morgan fingerprint density at radius 2 is 1.94 bits per heavy atom. The first-order valence-corrected chi connectivity index (χ1v) is 6.34. The number of thiazole rings is 1. The molecule has 0 unspecified atom stereocenters. The molecule has 0 aliphatic heterocycles. The molecule has 2 aromatic rings. The zero-order chi connectivity index (χ0) is 13.3. The van der Waals surface area contributed by atoms with Gasteiger partial charge in [-0.05, 0) is 26.0 Å². The van der Waals surface area contributed by atoms with Crippen LogP contribution in [-0.4, -0.2) is 16.1 Å². The van der Waals surface area contributed by atoms with Crippen LogP contribution in [0.2, 0.25) is 0 Å². The Kier molecular flexibility index (Phi) is 3.19. The number of aromatic nitrogens is 1. The first-order valence-electron chi connectivity index (χ1n) is 5.46. The van der Waals surface area contributed by atoms with Crippen molar-refractivity contribution in [1.82, 2.24) is 4.98 Å². The Morgan fingerprint density at radius 1 is 1.33 bits per heavy atom. The number of carboxylic acid groups (broad SMARTS) is 1. The molecule has 0 saturated carbocycles. The van der Waals surface area contributed by atoms with Gasteiger partial charge in [0.25, 0.3) is 0 Å². The summed E-state index contributed by atoms with van der Waals surface area (Å²) < 4.78 is 0. The number of hydrogen-bond acceptors (Lipinski definition) is 4. The van der Waals surface area contributed by atoms with Gasteiger partial charge in [0, 0.05) is 10.9 Å². The summed E-state index contributed by atoms with van der Waals surface area (Å²) in [4.78, 5) is 15.2. The molecule has 5 heteroatoms. The third-order valence-corrected chi connectivity index (χ3v) is 3.43. The molecule has 0 aliphatic carbocycles. The lowest BCUT2D eigenvalue weighted by atomic mass is 10.0. The number of hydrogen-bond donors (Lipinski definition) is 2. The smallest absolute Gasteiger partial charge is 0.335 e. The third kappa shape index (κ3) is 2.57. The largest absolute Gasteiger partial charge is 0.478 e. The molecule has 0 atom stereocenters. The summed E-state index contributed by atoms with van der Waals surface area (Å²) in [6.07, 6.45) is 0. The SMILES string of the molecule is CC(C)(N)c1csc(-c2ccc(C(=O)O)cc2)n1. The maximum Gasteiger partial charge on any atom is 0.335 e. The van der Waals surface area contributed by atoms with Crippen molar-refractivity contribution < 1.29 is 9.90 Å². The third-order valence-electron chi connectivity index (χ3n) is 2.54. The minimum absolute atomic E-state index is 0.273. The molecule has 1 aromatic heterocycles. The van der Waals surface area contributed by atoms with Gasteiger partial charge in [0.05, 0.1) is 16.8 Å². The molecule has 0 radical (unpaired) electrons. The number of carbonyl (C=O) groups is 1. The Bertz CT molecular complexity index is 567. The van der Waals surface area contributed by atoms with E-state index in [4.69, 9.17) is 10.8 Å². The minimum atomic E-state index is -0.926. The fraction of sp³-hybridized carbons (Fsp3) is 0.231. The molecule has 0 amide bonds. The predicted octanol–water partition coefficient (Wildman–Crippen LogP) is 2.70. The van der Waals surface area contributed by atoms with E-state index < -0.39 is 11.5 Å². The molecule has 1 aromatic carbocycles. The first kappa shape index (κ1) is 12.7. The van der Waals surface area contributed by atoms with Crippen molar-refractivity contribution in [2.45, 2.75) is 19.4 Å². The molecule has 0 aliphatic rings. The van der Waals surface area contributed by atoms with E-state index in [9.17, 15) is 4.79 Å². The standard InChI is InChI=1S/C13H14N2O2S/c1-13(2,14)10-7-18-11(15-10)8-3-5-9(6-4-8)12(16)17/h3-7H,14H2,1-2H3,(H,16,17). The van der Waals surface area contributed by atoms with Crippen LogP contribution in [0, 0.1) is 0 Å². The van der Waals surface area contributed by atoms with E-state index in [2.05, 4.69) is 4.98 Å². The van der Waals surface area contributed by atoms with Crippen molar-refractivity contribution in [3.05, 3.63) is 40.9 Å². The number of aromatic carboxylic acids is 1. The van der Waals surface area contributed by atoms with Crippen LogP contribution < -0.4 is 5.73 Å². The molecular formula is C13H14N2O2S. The summed E-state index contributed by atoms with van der Waals surface area (Å²) in [5, 5.41) is 11.6. The lowest BCUT2D eigenvalue weighted by Gasteiger charge is -2.14. The van der Waals surface area contributed by atoms with Crippen LogP contribution in [0.5, 0.6) is 0 Å². The van der Waals surface area contributed by atoms with Crippen molar-refractivity contribution in [2.75, 3.05) is 0 Å². The van der Waals surface area contributed by atoms with E-state index in [1.807, 2.05) is 19.2 Å².